The highest BCUT2D eigenvalue weighted by Crippen LogP contribution is 2.42. The van der Waals surface area contributed by atoms with Crippen molar-refractivity contribution in [2.24, 2.45) is 0 Å². The minimum atomic E-state index is -0.418. The van der Waals surface area contributed by atoms with E-state index in [2.05, 4.69) is 30.0 Å². The van der Waals surface area contributed by atoms with E-state index in [1.807, 2.05) is 18.2 Å². The van der Waals surface area contributed by atoms with Gasteiger partial charge in [0.2, 0.25) is 0 Å². The fourth-order valence-corrected chi connectivity index (χ4v) is 5.38. The summed E-state index contributed by atoms with van der Waals surface area (Å²) in [6.07, 6.45) is 3.10. The van der Waals surface area contributed by atoms with Gasteiger partial charge in [-0.1, -0.05) is 24.3 Å². The molecule has 0 radical (unpaired) electrons. The zero-order valence-corrected chi connectivity index (χ0v) is 17.6. The summed E-state index contributed by atoms with van der Waals surface area (Å²) in [5, 5.41) is 1.06. The Morgan fingerprint density at radius 1 is 1.21 bits per heavy atom. The largest absolute Gasteiger partial charge is 0.497 e. The van der Waals surface area contributed by atoms with Crippen molar-refractivity contribution in [1.82, 2.24) is 4.98 Å². The molecule has 0 atom stereocenters. The van der Waals surface area contributed by atoms with Crippen LogP contribution in [0.3, 0.4) is 0 Å². The molecule has 6 heteroatoms. The van der Waals surface area contributed by atoms with E-state index in [0.29, 0.717) is 23.5 Å². The number of methoxy groups -OCH3 is 1. The number of ketones is 1. The zero-order valence-electron chi connectivity index (χ0n) is 16.7. The number of anilines is 1. The molecule has 0 bridgehead atoms. The van der Waals surface area contributed by atoms with Crippen molar-refractivity contribution in [3.8, 4) is 11.5 Å². The number of rotatable bonds is 3. The first kappa shape index (κ1) is 18.4. The molecule has 0 aliphatic carbocycles. The number of benzene rings is 2. The molecule has 0 saturated carbocycles. The lowest BCUT2D eigenvalue weighted by Crippen LogP contribution is -2.51. The fraction of sp³-hybridized carbons (Fsp3) is 0.391. The number of nitrogens with zero attached hydrogens (tertiary/aromatic N) is 2. The summed E-state index contributed by atoms with van der Waals surface area (Å²) in [7, 11) is 1.63. The molecule has 3 heterocycles. The fourth-order valence-electron chi connectivity index (χ4n) is 4.30. The summed E-state index contributed by atoms with van der Waals surface area (Å²) >= 11 is 1.75. The number of ether oxygens (including phenoxy) is 2. The summed E-state index contributed by atoms with van der Waals surface area (Å²) in [5.74, 6) is 1.53. The van der Waals surface area contributed by atoms with Gasteiger partial charge < -0.3 is 14.4 Å². The van der Waals surface area contributed by atoms with Crippen LogP contribution in [0.1, 0.15) is 42.1 Å². The normalized spacial score (nSPS) is 18.0. The van der Waals surface area contributed by atoms with E-state index in [1.165, 1.54) is 10.3 Å². The van der Waals surface area contributed by atoms with Crippen LogP contribution >= 0.6 is 11.3 Å². The van der Waals surface area contributed by atoms with Crippen molar-refractivity contribution in [3.05, 3.63) is 47.5 Å². The number of carbonyl (C=O) groups is 1. The summed E-state index contributed by atoms with van der Waals surface area (Å²) in [5.41, 5.74) is 2.65. The van der Waals surface area contributed by atoms with E-state index in [0.717, 1.165) is 43.0 Å². The Hall–Kier alpha value is -2.60. The highest BCUT2D eigenvalue weighted by molar-refractivity contribution is 7.22. The smallest absolute Gasteiger partial charge is 0.186 e. The Morgan fingerprint density at radius 3 is 2.79 bits per heavy atom. The number of fused-ring (bicyclic) bond motifs is 2. The number of Topliss-reactive ketones (excluding diaryl/α,β-unsaturated/α-hetero) is 1. The third-order valence-corrected chi connectivity index (χ3v) is 7.17. The Bertz CT molecular complexity index is 1080. The average molecular weight is 409 g/mol. The van der Waals surface area contributed by atoms with Gasteiger partial charge in [-0.25, -0.2) is 4.98 Å². The van der Waals surface area contributed by atoms with Crippen LogP contribution in [0.25, 0.3) is 10.2 Å². The lowest BCUT2D eigenvalue weighted by molar-refractivity contribution is 0.0230. The molecule has 2 aromatic carbocycles. The SMILES string of the molecule is CCc1ccc2nc(N3CCC4(CC3)CC(=O)c3ccc(OC)cc3O4)sc2c1. The second-order valence-electron chi connectivity index (χ2n) is 7.89. The number of aryl methyl sites for hydroxylation is 1. The number of aromatic nitrogens is 1. The molecule has 1 aromatic heterocycles. The number of hydrogen-bond acceptors (Lipinski definition) is 6. The third kappa shape index (κ3) is 3.25. The summed E-state index contributed by atoms with van der Waals surface area (Å²) in [6.45, 7) is 3.85. The molecule has 0 unspecified atom stereocenters. The molecule has 150 valence electrons. The van der Waals surface area contributed by atoms with Crippen molar-refractivity contribution >= 4 is 32.5 Å². The van der Waals surface area contributed by atoms with Crippen LogP contribution in [0.15, 0.2) is 36.4 Å². The quantitative estimate of drug-likeness (QED) is 0.619. The van der Waals surface area contributed by atoms with E-state index in [4.69, 9.17) is 14.5 Å². The third-order valence-electron chi connectivity index (χ3n) is 6.09. The zero-order chi connectivity index (χ0) is 20.0. The first-order valence-corrected chi connectivity index (χ1v) is 11.0. The highest BCUT2D eigenvalue weighted by atomic mass is 32.1. The summed E-state index contributed by atoms with van der Waals surface area (Å²) in [6, 6.07) is 12.0. The van der Waals surface area contributed by atoms with Gasteiger partial charge in [0, 0.05) is 32.0 Å². The maximum atomic E-state index is 12.7. The standard InChI is InChI=1S/C23H24N2O3S/c1-3-15-4-7-18-21(12-15)29-22(24-18)25-10-8-23(9-11-25)14-19(26)17-6-5-16(27-2)13-20(17)28-23/h4-7,12-13H,3,8-11,14H2,1-2H3. The van der Waals surface area contributed by atoms with Crippen molar-refractivity contribution in [2.75, 3.05) is 25.1 Å². The van der Waals surface area contributed by atoms with Crippen molar-refractivity contribution in [1.29, 1.82) is 0 Å². The minimum absolute atomic E-state index is 0.162. The Morgan fingerprint density at radius 2 is 2.03 bits per heavy atom. The van der Waals surface area contributed by atoms with Crippen LogP contribution in [-0.2, 0) is 6.42 Å². The van der Waals surface area contributed by atoms with Crippen LogP contribution in [0, 0.1) is 0 Å². The first-order valence-electron chi connectivity index (χ1n) is 10.1. The Labute approximate surface area is 174 Å². The lowest BCUT2D eigenvalue weighted by Gasteiger charge is -2.43. The number of hydrogen-bond donors (Lipinski definition) is 0. The van der Waals surface area contributed by atoms with E-state index >= 15 is 0 Å². The second kappa shape index (κ2) is 7.02. The van der Waals surface area contributed by atoms with Crippen LogP contribution in [0.5, 0.6) is 11.5 Å². The van der Waals surface area contributed by atoms with E-state index < -0.39 is 5.60 Å². The highest BCUT2D eigenvalue weighted by Gasteiger charge is 2.43. The van der Waals surface area contributed by atoms with Gasteiger partial charge in [0.1, 0.15) is 17.1 Å². The molecule has 0 N–H and O–H groups in total. The van der Waals surface area contributed by atoms with E-state index in [9.17, 15) is 4.79 Å². The van der Waals surface area contributed by atoms with Gasteiger partial charge in [0.15, 0.2) is 10.9 Å². The van der Waals surface area contributed by atoms with Crippen molar-refractivity contribution in [2.45, 2.75) is 38.2 Å². The van der Waals surface area contributed by atoms with Gasteiger partial charge in [-0.2, -0.15) is 0 Å². The molecule has 29 heavy (non-hydrogen) atoms. The predicted molar refractivity (Wildman–Crippen MR) is 116 cm³/mol. The summed E-state index contributed by atoms with van der Waals surface area (Å²) in [4.78, 5) is 19.9. The van der Waals surface area contributed by atoms with Crippen molar-refractivity contribution in [3.63, 3.8) is 0 Å². The monoisotopic (exact) mass is 408 g/mol. The van der Waals surface area contributed by atoms with Gasteiger partial charge >= 0.3 is 0 Å². The van der Waals surface area contributed by atoms with Gasteiger partial charge in [-0.15, -0.1) is 0 Å². The van der Waals surface area contributed by atoms with E-state index in [-0.39, 0.29) is 5.78 Å². The molecule has 1 spiro atoms. The molecule has 3 aromatic rings. The van der Waals surface area contributed by atoms with Crippen molar-refractivity contribution < 1.29 is 14.3 Å². The van der Waals surface area contributed by atoms with Gasteiger partial charge in [-0.05, 0) is 36.2 Å². The molecule has 5 nitrogen and oxygen atoms in total. The predicted octanol–water partition coefficient (Wildman–Crippen LogP) is 4.87. The number of piperidine rings is 1. The lowest BCUT2D eigenvalue weighted by atomic mass is 9.82. The molecule has 2 aliphatic rings. The van der Waals surface area contributed by atoms with Crippen LogP contribution in [0.4, 0.5) is 5.13 Å². The summed E-state index contributed by atoms with van der Waals surface area (Å²) < 4.78 is 12.9. The van der Waals surface area contributed by atoms with Gasteiger partial charge in [-0.3, -0.25) is 4.79 Å². The first-order chi connectivity index (χ1) is 14.1. The van der Waals surface area contributed by atoms with Gasteiger partial charge in [0.25, 0.3) is 0 Å². The maximum Gasteiger partial charge on any atom is 0.186 e. The topological polar surface area (TPSA) is 51.7 Å². The second-order valence-corrected chi connectivity index (χ2v) is 8.90. The Kier molecular flexibility index (Phi) is 4.46. The molecule has 2 aliphatic heterocycles. The van der Waals surface area contributed by atoms with Crippen LogP contribution in [0.2, 0.25) is 0 Å². The molecular formula is C23H24N2O3S. The molecule has 0 amide bonds. The number of carbonyl (C=O) groups excluding carboxylic acids is 1. The minimum Gasteiger partial charge on any atom is -0.497 e. The number of thiazole rings is 1. The maximum absolute atomic E-state index is 12.7. The molecular weight excluding hydrogens is 384 g/mol. The van der Waals surface area contributed by atoms with Gasteiger partial charge in [0.05, 0.1) is 29.3 Å². The molecule has 1 fully saturated rings. The molecule has 1 saturated heterocycles. The Balaban J connectivity index is 1.35. The van der Waals surface area contributed by atoms with Crippen LogP contribution < -0.4 is 14.4 Å². The van der Waals surface area contributed by atoms with E-state index in [1.54, 1.807) is 18.4 Å². The average Bonchev–Trinajstić information content (AvgIpc) is 3.16. The molecule has 5 rings (SSSR count). The van der Waals surface area contributed by atoms with Crippen LogP contribution in [-0.4, -0.2) is 36.6 Å².